The lowest BCUT2D eigenvalue weighted by atomic mass is 10.0. The number of aromatic nitrogens is 1. The quantitative estimate of drug-likeness (QED) is 0.833. The summed E-state index contributed by atoms with van der Waals surface area (Å²) >= 11 is 12.3. The number of hydrogen-bond acceptors (Lipinski definition) is 4. The first kappa shape index (κ1) is 16.3. The molecule has 2 aliphatic rings. The van der Waals surface area contributed by atoms with Gasteiger partial charge < -0.3 is 10.3 Å². The number of anilines is 1. The summed E-state index contributed by atoms with van der Waals surface area (Å²) in [6.45, 7) is 5.05. The van der Waals surface area contributed by atoms with Gasteiger partial charge in [-0.25, -0.2) is 0 Å². The zero-order chi connectivity index (χ0) is 17.6. The number of rotatable bonds is 2. The number of fused-ring (bicyclic) bond motifs is 1. The maximum Gasteiger partial charge on any atom is 0.0831 e. The van der Waals surface area contributed by atoms with E-state index in [0.717, 1.165) is 34.8 Å². The van der Waals surface area contributed by atoms with Gasteiger partial charge in [-0.15, -0.1) is 0 Å². The van der Waals surface area contributed by atoms with Crippen molar-refractivity contribution in [3.63, 3.8) is 0 Å². The molecule has 1 atom stereocenters. The third-order valence-electron chi connectivity index (χ3n) is 4.51. The van der Waals surface area contributed by atoms with Crippen LogP contribution in [0.1, 0.15) is 18.2 Å². The van der Waals surface area contributed by atoms with E-state index in [4.69, 9.17) is 23.2 Å². The molecule has 128 valence electrons. The van der Waals surface area contributed by atoms with Crippen molar-refractivity contribution in [2.24, 2.45) is 0 Å². The minimum absolute atomic E-state index is 0.297. The van der Waals surface area contributed by atoms with Crippen LogP contribution < -0.4 is 10.3 Å². The smallest absolute Gasteiger partial charge is 0.0831 e. The molecule has 0 amide bonds. The Hall–Kier alpha value is -2.17. The van der Waals surface area contributed by atoms with Crippen LogP contribution in [0.4, 0.5) is 5.69 Å². The van der Waals surface area contributed by atoms with E-state index in [1.807, 2.05) is 37.4 Å². The Labute approximate surface area is 157 Å². The molecule has 6 heteroatoms. The van der Waals surface area contributed by atoms with Crippen molar-refractivity contribution >= 4 is 34.5 Å². The molecule has 0 fully saturated rings. The van der Waals surface area contributed by atoms with E-state index >= 15 is 0 Å². The van der Waals surface area contributed by atoms with Crippen LogP contribution in [0.15, 0.2) is 54.6 Å². The van der Waals surface area contributed by atoms with Crippen LogP contribution in [-0.4, -0.2) is 22.6 Å². The molecule has 1 aromatic carbocycles. The summed E-state index contributed by atoms with van der Waals surface area (Å²) in [7, 11) is 0. The molecule has 0 aliphatic carbocycles. The highest BCUT2D eigenvalue weighted by Crippen LogP contribution is 2.36. The fourth-order valence-corrected chi connectivity index (χ4v) is 3.55. The van der Waals surface area contributed by atoms with Gasteiger partial charge in [-0.2, -0.15) is 0 Å². The Kier molecular flexibility index (Phi) is 4.10. The van der Waals surface area contributed by atoms with Crippen molar-refractivity contribution in [3.05, 3.63) is 75.9 Å². The van der Waals surface area contributed by atoms with Crippen molar-refractivity contribution in [3.8, 4) is 0 Å². The van der Waals surface area contributed by atoms with E-state index in [-0.39, 0.29) is 0 Å². The molecule has 3 heterocycles. The molecule has 1 aromatic heterocycles. The molecule has 0 spiro atoms. The van der Waals surface area contributed by atoms with Gasteiger partial charge in [-0.05, 0) is 49.7 Å². The molecule has 2 aromatic rings. The fourth-order valence-electron chi connectivity index (χ4n) is 3.26. The van der Waals surface area contributed by atoms with Crippen LogP contribution in [0.3, 0.4) is 0 Å². The lowest BCUT2D eigenvalue weighted by molar-refractivity contribution is 0.232. The Bertz CT molecular complexity index is 891. The summed E-state index contributed by atoms with van der Waals surface area (Å²) in [6.07, 6.45) is 6.05. The van der Waals surface area contributed by atoms with Crippen LogP contribution in [0.25, 0.3) is 5.57 Å². The first-order valence-corrected chi connectivity index (χ1v) is 8.91. The molecular weight excluding hydrogens is 355 g/mol. The van der Waals surface area contributed by atoms with E-state index in [2.05, 4.69) is 45.7 Å². The maximum absolute atomic E-state index is 6.20. The number of hydrogen-bond donors (Lipinski definition) is 1. The highest BCUT2D eigenvalue weighted by Gasteiger charge is 2.31. The van der Waals surface area contributed by atoms with E-state index in [9.17, 15) is 0 Å². The van der Waals surface area contributed by atoms with Gasteiger partial charge in [0.25, 0.3) is 0 Å². The number of aryl methyl sites for hydroxylation is 1. The van der Waals surface area contributed by atoms with E-state index in [1.54, 1.807) is 0 Å². The lowest BCUT2D eigenvalue weighted by Crippen LogP contribution is -2.47. The number of allylic oxidation sites excluding steroid dienone is 1. The zero-order valence-electron chi connectivity index (χ0n) is 14.0. The lowest BCUT2D eigenvalue weighted by Gasteiger charge is -2.38. The summed E-state index contributed by atoms with van der Waals surface area (Å²) in [5.41, 5.74) is 8.85. The Morgan fingerprint density at radius 2 is 2.00 bits per heavy atom. The third kappa shape index (κ3) is 2.96. The van der Waals surface area contributed by atoms with Gasteiger partial charge in [-0.1, -0.05) is 23.2 Å². The molecule has 0 bridgehead atoms. The second-order valence-electron chi connectivity index (χ2n) is 6.36. The van der Waals surface area contributed by atoms with Crippen LogP contribution in [0.2, 0.25) is 10.0 Å². The van der Waals surface area contributed by atoms with Crippen molar-refractivity contribution in [1.82, 2.24) is 15.4 Å². The number of nitrogens with one attached hydrogen (secondary N) is 1. The monoisotopic (exact) mass is 372 g/mol. The molecule has 2 aliphatic heterocycles. The fraction of sp³-hybridized carbons (Fsp3) is 0.211. The topological polar surface area (TPSA) is 31.4 Å². The molecule has 0 saturated carbocycles. The normalized spacial score (nSPS) is 19.3. The van der Waals surface area contributed by atoms with Crippen LogP contribution >= 0.6 is 23.2 Å². The number of halogens is 2. The predicted octanol–water partition coefficient (Wildman–Crippen LogP) is 4.61. The van der Waals surface area contributed by atoms with Crippen molar-refractivity contribution < 1.29 is 0 Å². The van der Waals surface area contributed by atoms with Crippen LogP contribution in [0, 0.1) is 6.92 Å². The first-order chi connectivity index (χ1) is 12.0. The number of benzene rings is 1. The molecule has 4 rings (SSSR count). The molecule has 0 unspecified atom stereocenters. The van der Waals surface area contributed by atoms with E-state index in [1.165, 1.54) is 0 Å². The maximum atomic E-state index is 6.20. The van der Waals surface area contributed by atoms with Crippen LogP contribution in [0.5, 0.6) is 0 Å². The molecule has 4 nitrogen and oxygen atoms in total. The van der Waals surface area contributed by atoms with E-state index < -0.39 is 0 Å². The van der Waals surface area contributed by atoms with Gasteiger partial charge in [0.2, 0.25) is 0 Å². The summed E-state index contributed by atoms with van der Waals surface area (Å²) in [5, 5.41) is 3.33. The standard InChI is InChI=1S/C19H18Cl2N4/c1-12-7-14(5-6-22-12)16-9-23-25-13(2)10-24(11-19(16)25)15-3-4-17(20)18(21)8-15/h3-9,11,13,23H,10H2,1-2H3/t13-/m0/s1. The van der Waals surface area contributed by atoms with Crippen molar-refractivity contribution in [2.45, 2.75) is 19.9 Å². The summed E-state index contributed by atoms with van der Waals surface area (Å²) in [6, 6.07) is 10.2. The molecular formula is C19H18Cl2N4. The summed E-state index contributed by atoms with van der Waals surface area (Å²) < 4.78 is 0. The molecule has 1 N–H and O–H groups in total. The van der Waals surface area contributed by atoms with Gasteiger partial charge in [-0.3, -0.25) is 9.99 Å². The highest BCUT2D eigenvalue weighted by molar-refractivity contribution is 6.42. The Balaban J connectivity index is 1.73. The number of hydrazine groups is 1. The largest absolute Gasteiger partial charge is 0.344 e. The molecule has 25 heavy (non-hydrogen) atoms. The Morgan fingerprint density at radius 1 is 1.16 bits per heavy atom. The minimum atomic E-state index is 0.297. The third-order valence-corrected chi connectivity index (χ3v) is 5.24. The average molecular weight is 373 g/mol. The summed E-state index contributed by atoms with van der Waals surface area (Å²) in [5.74, 6) is 0. The summed E-state index contributed by atoms with van der Waals surface area (Å²) in [4.78, 5) is 6.51. The van der Waals surface area contributed by atoms with Gasteiger partial charge >= 0.3 is 0 Å². The van der Waals surface area contributed by atoms with Gasteiger partial charge in [0.1, 0.15) is 0 Å². The number of pyridine rings is 1. The molecule has 0 saturated heterocycles. The van der Waals surface area contributed by atoms with E-state index in [0.29, 0.717) is 16.1 Å². The molecule has 0 radical (unpaired) electrons. The minimum Gasteiger partial charge on any atom is -0.344 e. The van der Waals surface area contributed by atoms with Gasteiger partial charge in [0.15, 0.2) is 0 Å². The van der Waals surface area contributed by atoms with Crippen LogP contribution in [-0.2, 0) is 0 Å². The second-order valence-corrected chi connectivity index (χ2v) is 7.17. The highest BCUT2D eigenvalue weighted by atomic mass is 35.5. The first-order valence-electron chi connectivity index (χ1n) is 8.15. The number of nitrogens with zero attached hydrogens (tertiary/aromatic N) is 3. The second kappa shape index (κ2) is 6.28. The van der Waals surface area contributed by atoms with Crippen molar-refractivity contribution in [1.29, 1.82) is 0 Å². The zero-order valence-corrected chi connectivity index (χ0v) is 15.5. The van der Waals surface area contributed by atoms with Crippen molar-refractivity contribution in [2.75, 3.05) is 11.4 Å². The van der Waals surface area contributed by atoms with Gasteiger partial charge in [0, 0.05) is 42.1 Å². The Morgan fingerprint density at radius 3 is 2.76 bits per heavy atom. The average Bonchev–Trinajstić information content (AvgIpc) is 3.02. The SMILES string of the molecule is Cc1cc(C2=CNN3C2=CN(c2ccc(Cl)c(Cl)c2)C[C@@H]3C)ccn1. The predicted molar refractivity (Wildman–Crippen MR) is 103 cm³/mol. The van der Waals surface area contributed by atoms with Gasteiger partial charge in [0.05, 0.1) is 21.8 Å².